The van der Waals surface area contributed by atoms with Crippen molar-refractivity contribution < 1.29 is 15.0 Å². The van der Waals surface area contributed by atoms with Gasteiger partial charge in [0.15, 0.2) is 5.56 Å². The molecule has 2 aromatic heterocycles. The summed E-state index contributed by atoms with van der Waals surface area (Å²) in [5.74, 6) is -1.84. The minimum absolute atomic E-state index is 0.228. The van der Waals surface area contributed by atoms with E-state index in [1.165, 1.54) is 5.69 Å². The normalized spacial score (nSPS) is 18.9. The highest BCUT2D eigenvalue weighted by molar-refractivity contribution is 5.93. The molecule has 1 fully saturated rings. The van der Waals surface area contributed by atoms with Crippen LogP contribution in [0.15, 0.2) is 23.0 Å². The van der Waals surface area contributed by atoms with Gasteiger partial charge in [-0.3, -0.25) is 9.69 Å². The van der Waals surface area contributed by atoms with Crippen molar-refractivity contribution in [3.63, 3.8) is 0 Å². The van der Waals surface area contributed by atoms with E-state index in [0.29, 0.717) is 17.7 Å². The number of aromatic carboxylic acids is 1. The average Bonchev–Trinajstić information content (AvgIpc) is 2.91. The number of nitrogens with one attached hydrogen (secondary N) is 1. The summed E-state index contributed by atoms with van der Waals surface area (Å²) in [5, 5.41) is 21.0. The van der Waals surface area contributed by atoms with Gasteiger partial charge in [-0.2, -0.15) is 0 Å². The summed E-state index contributed by atoms with van der Waals surface area (Å²) in [6.07, 6.45) is 4.24. The van der Waals surface area contributed by atoms with Crippen LogP contribution in [0.3, 0.4) is 0 Å². The lowest BCUT2D eigenvalue weighted by Crippen LogP contribution is -2.42. The van der Waals surface area contributed by atoms with Gasteiger partial charge in [0.25, 0.3) is 5.56 Å². The van der Waals surface area contributed by atoms with E-state index in [4.69, 9.17) is 5.73 Å². The maximum Gasteiger partial charge on any atom is 0.345 e. The number of hydrogen-bond acceptors (Lipinski definition) is 5. The zero-order valence-electron chi connectivity index (χ0n) is 18.1. The van der Waals surface area contributed by atoms with Gasteiger partial charge in [-0.25, -0.2) is 4.79 Å². The largest absolute Gasteiger partial charge is 0.506 e. The summed E-state index contributed by atoms with van der Waals surface area (Å²) in [6.45, 7) is 2.78. The van der Waals surface area contributed by atoms with Crippen LogP contribution in [0.1, 0.15) is 46.4 Å². The average molecular weight is 437 g/mol. The molecular formula is C24H28N4O4. The number of aromatic nitrogens is 2. The van der Waals surface area contributed by atoms with Crippen LogP contribution in [-0.2, 0) is 26.4 Å². The number of benzene rings is 1. The van der Waals surface area contributed by atoms with Gasteiger partial charge in [-0.05, 0) is 62.4 Å². The monoisotopic (exact) mass is 436 g/mol. The minimum atomic E-state index is -1.42. The van der Waals surface area contributed by atoms with Gasteiger partial charge < -0.3 is 25.5 Å². The van der Waals surface area contributed by atoms with Crippen LogP contribution in [-0.4, -0.2) is 49.8 Å². The van der Waals surface area contributed by atoms with Crippen LogP contribution in [0, 0.1) is 0 Å². The summed E-state index contributed by atoms with van der Waals surface area (Å²) in [7, 11) is 2.07. The number of nitrogens with two attached hydrogens (primary N) is 1. The molecule has 168 valence electrons. The highest BCUT2D eigenvalue weighted by atomic mass is 16.4. The van der Waals surface area contributed by atoms with E-state index in [1.807, 2.05) is 0 Å². The molecule has 0 spiro atoms. The predicted molar refractivity (Wildman–Crippen MR) is 122 cm³/mol. The van der Waals surface area contributed by atoms with E-state index < -0.39 is 22.8 Å². The summed E-state index contributed by atoms with van der Waals surface area (Å²) >= 11 is 0. The Morgan fingerprint density at radius 3 is 2.81 bits per heavy atom. The molecule has 0 bridgehead atoms. The summed E-state index contributed by atoms with van der Waals surface area (Å²) in [5.41, 5.74) is 10.1. The minimum Gasteiger partial charge on any atom is -0.506 e. The molecule has 3 heterocycles. The third-order valence-corrected chi connectivity index (χ3v) is 6.94. The lowest BCUT2D eigenvalue weighted by atomic mass is 9.98. The number of nitrogens with zero attached hydrogens (tertiary/aromatic N) is 2. The van der Waals surface area contributed by atoms with Crippen LogP contribution >= 0.6 is 0 Å². The number of carboxylic acid groups (broad SMARTS) is 1. The highest BCUT2D eigenvalue weighted by Crippen LogP contribution is 2.38. The van der Waals surface area contributed by atoms with Gasteiger partial charge in [0.2, 0.25) is 0 Å². The number of pyridine rings is 1. The molecule has 0 saturated carbocycles. The van der Waals surface area contributed by atoms with Crippen LogP contribution in [0.4, 0.5) is 0 Å². The van der Waals surface area contributed by atoms with Crippen molar-refractivity contribution in [1.29, 1.82) is 0 Å². The molecule has 8 heteroatoms. The molecule has 0 radical (unpaired) electrons. The molecule has 1 aliphatic heterocycles. The fourth-order valence-electron chi connectivity index (χ4n) is 5.30. The first-order chi connectivity index (χ1) is 15.3. The third-order valence-electron chi connectivity index (χ3n) is 6.94. The Hall–Kier alpha value is -3.10. The number of likely N-dealkylation sites (tertiary alicyclic amines) is 1. The van der Waals surface area contributed by atoms with E-state index in [-0.39, 0.29) is 6.04 Å². The van der Waals surface area contributed by atoms with Crippen LogP contribution in [0.25, 0.3) is 22.2 Å². The second kappa shape index (κ2) is 7.79. The number of rotatable bonds is 3. The van der Waals surface area contributed by atoms with E-state index in [2.05, 4.69) is 39.7 Å². The van der Waals surface area contributed by atoms with Crippen molar-refractivity contribution in [3.05, 3.63) is 50.9 Å². The van der Waals surface area contributed by atoms with Gasteiger partial charge >= 0.3 is 5.97 Å². The molecule has 5 rings (SSSR count). The Morgan fingerprint density at radius 1 is 1.25 bits per heavy atom. The SMILES string of the molecule is Cn1c(CN2CCCC(N)C2)cc2cc3c(cc21)CCCc1c-3[nH]c(=O)c(C(=O)O)c1O. The zero-order chi connectivity index (χ0) is 22.6. The number of piperidine rings is 1. The number of carboxylic acids is 1. The predicted octanol–water partition coefficient (Wildman–Crippen LogP) is 2.35. The van der Waals surface area contributed by atoms with Gasteiger partial charge in [0.1, 0.15) is 5.75 Å². The molecule has 1 atom stereocenters. The molecule has 32 heavy (non-hydrogen) atoms. The fraction of sp³-hybridized carbons (Fsp3) is 0.417. The maximum absolute atomic E-state index is 12.4. The van der Waals surface area contributed by atoms with E-state index in [0.717, 1.165) is 67.3 Å². The highest BCUT2D eigenvalue weighted by Gasteiger charge is 2.26. The summed E-state index contributed by atoms with van der Waals surface area (Å²) in [6, 6.07) is 6.61. The number of fused-ring (bicyclic) bond motifs is 4. The molecule has 1 saturated heterocycles. The first-order valence-corrected chi connectivity index (χ1v) is 11.1. The molecule has 5 N–H and O–H groups in total. The molecule has 8 nitrogen and oxygen atoms in total. The number of aromatic amines is 1. The zero-order valence-corrected chi connectivity index (χ0v) is 18.1. The van der Waals surface area contributed by atoms with Crippen LogP contribution < -0.4 is 11.3 Å². The quantitative estimate of drug-likeness (QED) is 0.500. The van der Waals surface area contributed by atoms with Gasteiger partial charge in [-0.1, -0.05) is 0 Å². The lowest BCUT2D eigenvalue weighted by Gasteiger charge is -2.30. The van der Waals surface area contributed by atoms with Gasteiger partial charge in [-0.15, -0.1) is 0 Å². The van der Waals surface area contributed by atoms with Crippen molar-refractivity contribution in [1.82, 2.24) is 14.5 Å². The Balaban J connectivity index is 1.61. The van der Waals surface area contributed by atoms with Gasteiger partial charge in [0.05, 0.1) is 5.69 Å². The number of aryl methyl sites for hydroxylation is 2. The van der Waals surface area contributed by atoms with Crippen molar-refractivity contribution >= 4 is 16.9 Å². The first-order valence-electron chi connectivity index (χ1n) is 11.1. The number of carbonyl (C=O) groups is 1. The van der Waals surface area contributed by atoms with Crippen molar-refractivity contribution in [2.24, 2.45) is 12.8 Å². The smallest absolute Gasteiger partial charge is 0.345 e. The molecular weight excluding hydrogens is 408 g/mol. The second-order valence-corrected chi connectivity index (χ2v) is 9.09. The Morgan fingerprint density at radius 2 is 2.06 bits per heavy atom. The van der Waals surface area contributed by atoms with Crippen LogP contribution in [0.5, 0.6) is 5.75 Å². The summed E-state index contributed by atoms with van der Waals surface area (Å²) in [4.78, 5) is 29.0. The van der Waals surface area contributed by atoms with E-state index >= 15 is 0 Å². The standard InChI is InChI=1S/C24H28N4O4/c1-27-16(12-28-7-3-5-15(25)11-28)8-14-9-18-13(10-19(14)27)4-2-6-17-21(18)26-23(30)20(22(17)29)24(31)32/h8-10,15H,2-7,11-12,25H2,1H3,(H,31,32)(H2,26,29,30). The topological polar surface area (TPSA) is 125 Å². The van der Waals surface area contributed by atoms with Crippen molar-refractivity contribution in [2.45, 2.75) is 44.7 Å². The lowest BCUT2D eigenvalue weighted by molar-refractivity contribution is 0.0691. The second-order valence-electron chi connectivity index (χ2n) is 9.09. The third kappa shape index (κ3) is 3.40. The molecule has 2 aliphatic rings. The number of hydrogen-bond donors (Lipinski definition) is 4. The number of aromatic hydroxyl groups is 1. The fourth-order valence-corrected chi connectivity index (χ4v) is 5.30. The van der Waals surface area contributed by atoms with Gasteiger partial charge in [0, 0.05) is 53.9 Å². The van der Waals surface area contributed by atoms with E-state index in [1.54, 1.807) is 0 Å². The Labute approximate surface area is 185 Å². The Kier molecular flexibility index (Phi) is 5.06. The molecule has 1 aliphatic carbocycles. The molecule has 1 aromatic carbocycles. The number of H-pyrrole nitrogens is 1. The van der Waals surface area contributed by atoms with Crippen molar-refractivity contribution in [2.75, 3.05) is 13.1 Å². The Bertz CT molecular complexity index is 1290. The molecule has 3 aromatic rings. The maximum atomic E-state index is 12.4. The van der Waals surface area contributed by atoms with E-state index in [9.17, 15) is 19.8 Å². The summed E-state index contributed by atoms with van der Waals surface area (Å²) < 4.78 is 2.22. The molecule has 1 unspecified atom stereocenters. The van der Waals surface area contributed by atoms with Crippen LogP contribution in [0.2, 0.25) is 0 Å². The van der Waals surface area contributed by atoms with Crippen molar-refractivity contribution in [3.8, 4) is 17.0 Å². The molecule has 0 amide bonds. The first kappa shape index (κ1) is 20.8.